The van der Waals surface area contributed by atoms with Crippen LogP contribution in [0.1, 0.15) is 26.7 Å². The third-order valence-electron chi connectivity index (χ3n) is 4.20. The van der Waals surface area contributed by atoms with E-state index < -0.39 is 0 Å². The van der Waals surface area contributed by atoms with Crippen LogP contribution in [0.3, 0.4) is 0 Å². The van der Waals surface area contributed by atoms with E-state index in [-0.39, 0.29) is 0 Å². The zero-order chi connectivity index (χ0) is 12.8. The monoisotopic (exact) mass is 272 g/mol. The van der Waals surface area contributed by atoms with E-state index in [1.807, 2.05) is 0 Å². The smallest absolute Gasteiger partial charge is 0.0546 e. The quantitative estimate of drug-likeness (QED) is 0.825. The summed E-state index contributed by atoms with van der Waals surface area (Å²) in [6, 6.07) is 0.726. The van der Waals surface area contributed by atoms with Gasteiger partial charge >= 0.3 is 0 Å². The molecule has 0 aliphatic carbocycles. The number of hydrogen-bond acceptors (Lipinski definition) is 4. The van der Waals surface area contributed by atoms with Crippen LogP contribution in [0.5, 0.6) is 0 Å². The predicted molar refractivity (Wildman–Crippen MR) is 79.4 cm³/mol. The summed E-state index contributed by atoms with van der Waals surface area (Å²) in [5.41, 5.74) is 0.352. The molecular formula is C14H28N2OS. The molecule has 2 unspecified atom stereocenters. The highest BCUT2D eigenvalue weighted by Crippen LogP contribution is 2.31. The first-order valence-corrected chi connectivity index (χ1v) is 8.51. The molecule has 0 spiro atoms. The maximum Gasteiger partial charge on any atom is 0.0546 e. The second-order valence-corrected chi connectivity index (χ2v) is 6.98. The fourth-order valence-corrected chi connectivity index (χ4v) is 4.13. The van der Waals surface area contributed by atoms with Crippen molar-refractivity contribution in [3.63, 3.8) is 0 Å². The molecule has 2 atom stereocenters. The van der Waals surface area contributed by atoms with Crippen molar-refractivity contribution in [2.75, 3.05) is 50.9 Å². The third kappa shape index (κ3) is 3.86. The summed E-state index contributed by atoms with van der Waals surface area (Å²) in [5.74, 6) is 2.58. The maximum absolute atomic E-state index is 5.79. The molecule has 18 heavy (non-hydrogen) atoms. The van der Waals surface area contributed by atoms with Crippen LogP contribution in [0.25, 0.3) is 0 Å². The molecule has 1 N–H and O–H groups in total. The number of hydrogen-bond donors (Lipinski definition) is 1. The lowest BCUT2D eigenvalue weighted by atomic mass is 9.81. The van der Waals surface area contributed by atoms with Crippen molar-refractivity contribution in [1.82, 2.24) is 10.2 Å². The number of rotatable bonds is 5. The summed E-state index contributed by atoms with van der Waals surface area (Å²) in [6.07, 6.45) is 2.54. The van der Waals surface area contributed by atoms with E-state index >= 15 is 0 Å². The van der Waals surface area contributed by atoms with Gasteiger partial charge in [-0.25, -0.2) is 0 Å². The normalized spacial score (nSPS) is 34.7. The van der Waals surface area contributed by atoms with E-state index in [1.165, 1.54) is 37.4 Å². The van der Waals surface area contributed by atoms with Crippen LogP contribution in [0.15, 0.2) is 0 Å². The van der Waals surface area contributed by atoms with Gasteiger partial charge in [-0.3, -0.25) is 4.90 Å². The van der Waals surface area contributed by atoms with Crippen LogP contribution >= 0.6 is 11.8 Å². The van der Waals surface area contributed by atoms with E-state index in [4.69, 9.17) is 4.74 Å². The van der Waals surface area contributed by atoms with Crippen LogP contribution in [0, 0.1) is 5.41 Å². The van der Waals surface area contributed by atoms with Crippen molar-refractivity contribution in [1.29, 1.82) is 0 Å². The Morgan fingerprint density at radius 1 is 1.50 bits per heavy atom. The first-order valence-electron chi connectivity index (χ1n) is 7.36. The molecule has 4 heteroatoms. The molecular weight excluding hydrogens is 244 g/mol. The topological polar surface area (TPSA) is 24.5 Å². The summed E-state index contributed by atoms with van der Waals surface area (Å²) in [7, 11) is 0. The average Bonchev–Trinajstić information content (AvgIpc) is 2.40. The number of thioether (sulfide) groups is 1. The predicted octanol–water partition coefficient (Wildman–Crippen LogP) is 1.83. The number of ether oxygens (including phenoxy) is 1. The van der Waals surface area contributed by atoms with Crippen molar-refractivity contribution in [2.24, 2.45) is 5.41 Å². The van der Waals surface area contributed by atoms with Crippen LogP contribution in [0.2, 0.25) is 0 Å². The van der Waals surface area contributed by atoms with Gasteiger partial charge in [-0.1, -0.05) is 6.92 Å². The van der Waals surface area contributed by atoms with Gasteiger partial charge in [0.05, 0.1) is 6.61 Å². The Labute approximate surface area is 116 Å². The average molecular weight is 272 g/mol. The maximum atomic E-state index is 5.79. The summed E-state index contributed by atoms with van der Waals surface area (Å²) in [4.78, 5) is 2.68. The summed E-state index contributed by atoms with van der Waals surface area (Å²) in [5, 5.41) is 3.55. The van der Waals surface area contributed by atoms with E-state index in [0.717, 1.165) is 32.3 Å². The molecule has 106 valence electrons. The molecule has 0 bridgehead atoms. The van der Waals surface area contributed by atoms with Gasteiger partial charge in [-0.2, -0.15) is 11.8 Å². The first kappa shape index (κ1) is 14.6. The van der Waals surface area contributed by atoms with Crippen molar-refractivity contribution in [2.45, 2.75) is 32.7 Å². The highest BCUT2D eigenvalue weighted by atomic mass is 32.2. The number of nitrogens with one attached hydrogen (secondary N) is 1. The fraction of sp³-hybridized carbons (Fsp3) is 1.00. The summed E-state index contributed by atoms with van der Waals surface area (Å²) < 4.78 is 5.79. The Morgan fingerprint density at radius 3 is 3.06 bits per heavy atom. The molecule has 2 fully saturated rings. The Morgan fingerprint density at radius 2 is 2.39 bits per heavy atom. The van der Waals surface area contributed by atoms with Crippen molar-refractivity contribution in [3.05, 3.63) is 0 Å². The Bertz CT molecular complexity index is 244. The van der Waals surface area contributed by atoms with Gasteiger partial charge in [0.25, 0.3) is 0 Å². The SMILES string of the molecule is CCNCC1(CN2CCSCC2C)CCCOC1. The lowest BCUT2D eigenvalue weighted by molar-refractivity contribution is -0.0297. The largest absolute Gasteiger partial charge is 0.381 e. The summed E-state index contributed by atoms with van der Waals surface area (Å²) in [6.45, 7) is 11.1. The molecule has 2 aliphatic heterocycles. The summed E-state index contributed by atoms with van der Waals surface area (Å²) >= 11 is 2.10. The minimum absolute atomic E-state index is 0.352. The highest BCUT2D eigenvalue weighted by molar-refractivity contribution is 7.99. The van der Waals surface area contributed by atoms with Crippen LogP contribution in [-0.2, 0) is 4.74 Å². The van der Waals surface area contributed by atoms with Gasteiger partial charge in [-0.05, 0) is 26.3 Å². The van der Waals surface area contributed by atoms with Gasteiger partial charge in [0.1, 0.15) is 0 Å². The van der Waals surface area contributed by atoms with Gasteiger partial charge in [0, 0.05) is 49.2 Å². The molecule has 3 nitrogen and oxygen atoms in total. The van der Waals surface area contributed by atoms with Crippen molar-refractivity contribution in [3.8, 4) is 0 Å². The molecule has 0 amide bonds. The number of nitrogens with zero attached hydrogens (tertiary/aromatic N) is 1. The lowest BCUT2D eigenvalue weighted by Gasteiger charge is -2.44. The molecule has 2 aliphatic rings. The minimum Gasteiger partial charge on any atom is -0.381 e. The van der Waals surface area contributed by atoms with Crippen molar-refractivity contribution >= 4 is 11.8 Å². The zero-order valence-corrected chi connectivity index (χ0v) is 12.7. The van der Waals surface area contributed by atoms with Crippen LogP contribution in [-0.4, -0.2) is 61.8 Å². The minimum atomic E-state index is 0.352. The molecule has 0 aromatic rings. The molecule has 0 saturated carbocycles. The van der Waals surface area contributed by atoms with E-state index in [1.54, 1.807) is 0 Å². The Hall–Kier alpha value is 0.230. The fourth-order valence-electron chi connectivity index (χ4n) is 3.05. The zero-order valence-electron chi connectivity index (χ0n) is 11.9. The molecule has 0 radical (unpaired) electrons. The molecule has 2 saturated heterocycles. The molecule has 2 heterocycles. The Kier molecular flexibility index (Phi) is 5.80. The van der Waals surface area contributed by atoms with Gasteiger partial charge in [0.15, 0.2) is 0 Å². The van der Waals surface area contributed by atoms with Crippen LogP contribution < -0.4 is 5.32 Å². The second-order valence-electron chi connectivity index (χ2n) is 5.83. The molecule has 2 rings (SSSR count). The van der Waals surface area contributed by atoms with Gasteiger partial charge in [0.2, 0.25) is 0 Å². The Balaban J connectivity index is 1.94. The van der Waals surface area contributed by atoms with Crippen molar-refractivity contribution < 1.29 is 4.74 Å². The third-order valence-corrected chi connectivity index (χ3v) is 5.39. The second kappa shape index (κ2) is 7.13. The standard InChI is InChI=1S/C14H28N2OS/c1-3-15-10-14(5-4-7-17-12-14)11-16-6-8-18-9-13(16)2/h13,15H,3-12H2,1-2H3. The van der Waals surface area contributed by atoms with E-state index in [0.29, 0.717) is 5.41 Å². The molecule has 0 aromatic heterocycles. The highest BCUT2D eigenvalue weighted by Gasteiger charge is 2.36. The first-order chi connectivity index (χ1) is 8.76. The van der Waals surface area contributed by atoms with E-state index in [9.17, 15) is 0 Å². The molecule has 0 aromatic carbocycles. The lowest BCUT2D eigenvalue weighted by Crippen LogP contribution is -2.53. The van der Waals surface area contributed by atoms with Crippen LogP contribution in [0.4, 0.5) is 0 Å². The van der Waals surface area contributed by atoms with Gasteiger partial charge < -0.3 is 10.1 Å². The van der Waals surface area contributed by atoms with Gasteiger partial charge in [-0.15, -0.1) is 0 Å². The van der Waals surface area contributed by atoms with E-state index in [2.05, 4.69) is 35.8 Å².